The largest absolute Gasteiger partial charge is 0.347 e. The van der Waals surface area contributed by atoms with Crippen molar-refractivity contribution in [3.8, 4) is 5.69 Å². The maximum Gasteiger partial charge on any atom is 0.322 e. The van der Waals surface area contributed by atoms with Crippen molar-refractivity contribution in [3.63, 3.8) is 0 Å². The number of carbonyl (C=O) groups is 1. The van der Waals surface area contributed by atoms with Gasteiger partial charge in [0.1, 0.15) is 5.82 Å². The molecule has 1 unspecified atom stereocenters. The van der Waals surface area contributed by atoms with E-state index in [-0.39, 0.29) is 12.1 Å². The van der Waals surface area contributed by atoms with Gasteiger partial charge < -0.3 is 19.8 Å². The molecule has 0 saturated carbocycles. The second kappa shape index (κ2) is 6.84. The molecular formula is C19H21N5O. The van der Waals surface area contributed by atoms with Gasteiger partial charge in [0.15, 0.2) is 0 Å². The van der Waals surface area contributed by atoms with E-state index in [1.54, 1.807) is 12.4 Å². The third-order valence-electron chi connectivity index (χ3n) is 4.60. The summed E-state index contributed by atoms with van der Waals surface area (Å²) in [5.41, 5.74) is 1.81. The van der Waals surface area contributed by atoms with E-state index in [1.165, 1.54) is 0 Å². The van der Waals surface area contributed by atoms with Crippen LogP contribution in [0.1, 0.15) is 31.1 Å². The number of amides is 2. The first-order valence-corrected chi connectivity index (χ1v) is 8.61. The topological polar surface area (TPSA) is 66.0 Å². The van der Waals surface area contributed by atoms with Crippen molar-refractivity contribution in [1.82, 2.24) is 19.4 Å². The summed E-state index contributed by atoms with van der Waals surface area (Å²) in [6.07, 6.45) is 10.6. The molecule has 1 aromatic carbocycles. The lowest BCUT2D eigenvalue weighted by atomic mass is 10.0. The highest BCUT2D eigenvalue weighted by Crippen LogP contribution is 2.29. The van der Waals surface area contributed by atoms with Crippen molar-refractivity contribution < 1.29 is 4.79 Å². The van der Waals surface area contributed by atoms with Crippen LogP contribution in [0.4, 0.5) is 10.5 Å². The van der Waals surface area contributed by atoms with Gasteiger partial charge in [-0.05, 0) is 49.6 Å². The average Bonchev–Trinajstić information content (AvgIpc) is 3.36. The summed E-state index contributed by atoms with van der Waals surface area (Å²) in [5, 5.41) is 3.04. The maximum absolute atomic E-state index is 12.8. The second-order valence-corrected chi connectivity index (χ2v) is 6.25. The van der Waals surface area contributed by atoms with Gasteiger partial charge in [0, 0.05) is 42.7 Å². The summed E-state index contributed by atoms with van der Waals surface area (Å²) in [6.45, 7) is 0.745. The highest BCUT2D eigenvalue weighted by atomic mass is 16.2. The molecule has 2 amide bonds. The van der Waals surface area contributed by atoms with Gasteiger partial charge in [-0.25, -0.2) is 9.78 Å². The highest BCUT2D eigenvalue weighted by Gasteiger charge is 2.29. The minimum atomic E-state index is -0.0780. The number of aromatic nitrogens is 3. The molecule has 1 aliphatic heterocycles. The number of imidazole rings is 1. The molecule has 3 aromatic rings. The number of carbonyl (C=O) groups excluding carboxylic acids is 1. The molecular weight excluding hydrogens is 314 g/mol. The smallest absolute Gasteiger partial charge is 0.322 e. The summed E-state index contributed by atoms with van der Waals surface area (Å²) in [7, 11) is 0. The van der Waals surface area contributed by atoms with Crippen LogP contribution in [0.15, 0.2) is 61.2 Å². The Morgan fingerprint density at radius 2 is 2.08 bits per heavy atom. The molecule has 0 spiro atoms. The maximum atomic E-state index is 12.8. The minimum Gasteiger partial charge on any atom is -0.347 e. The number of anilines is 1. The van der Waals surface area contributed by atoms with Crippen LogP contribution >= 0.6 is 0 Å². The van der Waals surface area contributed by atoms with Crippen LogP contribution in [-0.4, -0.2) is 32.0 Å². The number of likely N-dealkylation sites (tertiary alicyclic amines) is 1. The third kappa shape index (κ3) is 3.28. The van der Waals surface area contributed by atoms with Gasteiger partial charge in [-0.2, -0.15) is 0 Å². The molecule has 0 aliphatic carbocycles. The Bertz CT molecular complexity index is 825. The number of aromatic amines is 1. The van der Waals surface area contributed by atoms with Crippen LogP contribution in [0, 0.1) is 0 Å². The fourth-order valence-corrected chi connectivity index (χ4v) is 3.36. The standard InChI is InChI=1S/C19H21N5O/c25-19(24-13-2-1-8-17(24)18-20-9-10-21-18)22-15-6-5-7-16(14-15)23-11-3-4-12-23/h3-7,9-12,14,17H,1-2,8,13H2,(H,20,21)(H,22,25). The van der Waals surface area contributed by atoms with Crippen LogP contribution < -0.4 is 5.32 Å². The van der Waals surface area contributed by atoms with Crippen LogP contribution in [0.2, 0.25) is 0 Å². The van der Waals surface area contributed by atoms with Crippen molar-refractivity contribution in [3.05, 3.63) is 67.0 Å². The van der Waals surface area contributed by atoms with E-state index in [2.05, 4.69) is 15.3 Å². The first-order chi connectivity index (χ1) is 12.3. The Kier molecular flexibility index (Phi) is 4.24. The van der Waals surface area contributed by atoms with Crippen LogP contribution in [0.25, 0.3) is 5.69 Å². The monoisotopic (exact) mass is 335 g/mol. The molecule has 3 heterocycles. The number of rotatable bonds is 3. The van der Waals surface area contributed by atoms with E-state index in [0.29, 0.717) is 0 Å². The number of urea groups is 1. The van der Waals surface area contributed by atoms with Gasteiger partial charge in [0.05, 0.1) is 6.04 Å². The quantitative estimate of drug-likeness (QED) is 0.761. The Hall–Kier alpha value is -3.02. The van der Waals surface area contributed by atoms with Crippen molar-refractivity contribution in [2.75, 3.05) is 11.9 Å². The number of nitrogens with zero attached hydrogens (tertiary/aromatic N) is 3. The van der Waals surface area contributed by atoms with Crippen LogP contribution in [0.5, 0.6) is 0 Å². The summed E-state index contributed by atoms with van der Waals surface area (Å²) in [5.74, 6) is 0.857. The minimum absolute atomic E-state index is 0.0105. The molecule has 2 N–H and O–H groups in total. The number of piperidine rings is 1. The molecule has 6 heteroatoms. The predicted molar refractivity (Wildman–Crippen MR) is 96.7 cm³/mol. The van der Waals surface area contributed by atoms with Gasteiger partial charge in [0.25, 0.3) is 0 Å². The molecule has 2 aromatic heterocycles. The molecule has 6 nitrogen and oxygen atoms in total. The Morgan fingerprint density at radius 1 is 1.20 bits per heavy atom. The van der Waals surface area contributed by atoms with Gasteiger partial charge in [-0.15, -0.1) is 0 Å². The Morgan fingerprint density at radius 3 is 2.88 bits per heavy atom. The lowest BCUT2D eigenvalue weighted by molar-refractivity contribution is 0.160. The summed E-state index contributed by atoms with van der Waals surface area (Å²) < 4.78 is 2.02. The normalized spacial score (nSPS) is 17.4. The predicted octanol–water partition coefficient (Wildman–Crippen LogP) is 3.96. The fourth-order valence-electron chi connectivity index (χ4n) is 3.36. The molecule has 128 valence electrons. The van der Waals surface area contributed by atoms with Crippen molar-refractivity contribution in [2.24, 2.45) is 0 Å². The Balaban J connectivity index is 1.52. The molecule has 1 saturated heterocycles. The number of hydrogen-bond donors (Lipinski definition) is 2. The third-order valence-corrected chi connectivity index (χ3v) is 4.60. The van der Waals surface area contributed by atoms with E-state index in [1.807, 2.05) is 58.3 Å². The molecule has 25 heavy (non-hydrogen) atoms. The lowest BCUT2D eigenvalue weighted by Crippen LogP contribution is -2.41. The van der Waals surface area contributed by atoms with Gasteiger partial charge in [0.2, 0.25) is 0 Å². The highest BCUT2D eigenvalue weighted by molar-refractivity contribution is 5.90. The first kappa shape index (κ1) is 15.5. The zero-order valence-electron chi connectivity index (χ0n) is 13.9. The van der Waals surface area contributed by atoms with E-state index < -0.39 is 0 Å². The summed E-state index contributed by atoms with van der Waals surface area (Å²) >= 11 is 0. The van der Waals surface area contributed by atoms with Crippen molar-refractivity contribution >= 4 is 11.7 Å². The molecule has 0 bridgehead atoms. The summed E-state index contributed by atoms with van der Waals surface area (Å²) in [6, 6.07) is 11.7. The molecule has 0 radical (unpaired) electrons. The molecule has 1 fully saturated rings. The van der Waals surface area contributed by atoms with Gasteiger partial charge in [-0.1, -0.05) is 6.07 Å². The number of hydrogen-bond acceptors (Lipinski definition) is 2. The second-order valence-electron chi connectivity index (χ2n) is 6.25. The molecule has 4 rings (SSSR count). The van der Waals surface area contributed by atoms with E-state index in [9.17, 15) is 4.79 Å². The lowest BCUT2D eigenvalue weighted by Gasteiger charge is -2.34. The first-order valence-electron chi connectivity index (χ1n) is 8.61. The van der Waals surface area contributed by atoms with Gasteiger partial charge in [-0.3, -0.25) is 0 Å². The van der Waals surface area contributed by atoms with E-state index in [4.69, 9.17) is 0 Å². The van der Waals surface area contributed by atoms with E-state index in [0.717, 1.165) is 43.0 Å². The molecule has 1 atom stereocenters. The van der Waals surface area contributed by atoms with Crippen molar-refractivity contribution in [1.29, 1.82) is 0 Å². The SMILES string of the molecule is O=C(Nc1cccc(-n2cccc2)c1)N1CCCCC1c1ncc[nH]1. The van der Waals surface area contributed by atoms with E-state index >= 15 is 0 Å². The van der Waals surface area contributed by atoms with Crippen molar-refractivity contribution in [2.45, 2.75) is 25.3 Å². The van der Waals surface area contributed by atoms with Crippen LogP contribution in [-0.2, 0) is 0 Å². The number of H-pyrrole nitrogens is 1. The zero-order chi connectivity index (χ0) is 17.1. The zero-order valence-corrected chi connectivity index (χ0v) is 13.9. The van der Waals surface area contributed by atoms with Crippen LogP contribution in [0.3, 0.4) is 0 Å². The Labute approximate surface area is 146 Å². The van der Waals surface area contributed by atoms with Gasteiger partial charge >= 0.3 is 6.03 Å². The number of nitrogens with one attached hydrogen (secondary N) is 2. The summed E-state index contributed by atoms with van der Waals surface area (Å²) in [4.78, 5) is 22.2. The fraction of sp³-hybridized carbons (Fsp3) is 0.263. The average molecular weight is 335 g/mol. The molecule has 1 aliphatic rings. The number of benzene rings is 1.